The molecule has 3 heterocycles. The Balaban J connectivity index is 1.90. The molecule has 1 N–H and O–H groups in total. The topological polar surface area (TPSA) is 76.2 Å². The molecule has 0 aliphatic heterocycles. The second kappa shape index (κ2) is 6.81. The predicted octanol–water partition coefficient (Wildman–Crippen LogP) is 4.64. The van der Waals surface area contributed by atoms with Gasteiger partial charge in [0.1, 0.15) is 5.71 Å². The summed E-state index contributed by atoms with van der Waals surface area (Å²) in [4.78, 5) is 9.11. The van der Waals surface area contributed by atoms with Crippen molar-refractivity contribution in [2.45, 2.75) is 13.8 Å². The molecule has 0 bridgehead atoms. The molecule has 0 amide bonds. The summed E-state index contributed by atoms with van der Waals surface area (Å²) in [5, 5.41) is 18.1. The quantitative estimate of drug-likeness (QED) is 0.320. The highest BCUT2D eigenvalue weighted by Crippen LogP contribution is 2.31. The van der Waals surface area contributed by atoms with Gasteiger partial charge < -0.3 is 5.21 Å². The van der Waals surface area contributed by atoms with E-state index < -0.39 is 0 Å². The molecule has 0 atom stereocenters. The number of hydrogen-bond acceptors (Lipinski definition) is 5. The van der Waals surface area contributed by atoms with Gasteiger partial charge in [-0.2, -0.15) is 5.10 Å². The number of hydrogen-bond donors (Lipinski definition) is 1. The molecule has 0 radical (unpaired) electrons. The molecule has 0 aliphatic rings. The van der Waals surface area contributed by atoms with E-state index in [1.807, 2.05) is 49.4 Å². The van der Waals surface area contributed by atoms with Crippen molar-refractivity contribution in [1.29, 1.82) is 0 Å². The number of halogens is 1. The monoisotopic (exact) mass is 377 g/mol. The van der Waals surface area contributed by atoms with Gasteiger partial charge >= 0.3 is 0 Å². The van der Waals surface area contributed by atoms with Crippen LogP contribution in [0.2, 0.25) is 5.02 Å². The number of aryl methyl sites for hydroxylation is 1. The Morgan fingerprint density at radius 1 is 1.11 bits per heavy atom. The van der Waals surface area contributed by atoms with Crippen molar-refractivity contribution < 1.29 is 5.21 Å². The van der Waals surface area contributed by atoms with Crippen molar-refractivity contribution >= 4 is 28.2 Å². The van der Waals surface area contributed by atoms with Crippen LogP contribution in [0.5, 0.6) is 0 Å². The van der Waals surface area contributed by atoms with Gasteiger partial charge in [0.05, 0.1) is 28.1 Å². The highest BCUT2D eigenvalue weighted by Gasteiger charge is 2.13. The molecule has 0 fully saturated rings. The van der Waals surface area contributed by atoms with Crippen molar-refractivity contribution in [3.63, 3.8) is 0 Å². The second-order valence-electron chi connectivity index (χ2n) is 6.18. The van der Waals surface area contributed by atoms with E-state index in [9.17, 15) is 0 Å². The van der Waals surface area contributed by atoms with E-state index in [1.54, 1.807) is 23.9 Å². The number of aromatic nitrogens is 4. The van der Waals surface area contributed by atoms with E-state index in [0.717, 1.165) is 33.7 Å². The summed E-state index contributed by atoms with van der Waals surface area (Å²) >= 11 is 6.51. The molecule has 27 heavy (non-hydrogen) atoms. The van der Waals surface area contributed by atoms with E-state index in [1.165, 1.54) is 0 Å². The van der Waals surface area contributed by atoms with Crippen molar-refractivity contribution in [2.24, 2.45) is 5.16 Å². The van der Waals surface area contributed by atoms with Crippen LogP contribution in [0.1, 0.15) is 18.3 Å². The molecule has 0 saturated carbocycles. The molecule has 0 unspecified atom stereocenters. The van der Waals surface area contributed by atoms with Crippen LogP contribution in [0, 0.1) is 6.92 Å². The van der Waals surface area contributed by atoms with Gasteiger partial charge in [-0.05, 0) is 50.2 Å². The third kappa shape index (κ3) is 3.15. The molecule has 0 aliphatic carbocycles. The summed E-state index contributed by atoms with van der Waals surface area (Å²) in [5.74, 6) is 0.725. The van der Waals surface area contributed by atoms with E-state index in [2.05, 4.69) is 20.2 Å². The van der Waals surface area contributed by atoms with Gasteiger partial charge in [0, 0.05) is 16.6 Å². The van der Waals surface area contributed by atoms with Crippen LogP contribution in [0.15, 0.2) is 59.9 Å². The third-order valence-electron chi connectivity index (χ3n) is 4.29. The van der Waals surface area contributed by atoms with Gasteiger partial charge in [-0.25, -0.2) is 14.6 Å². The summed E-state index contributed by atoms with van der Waals surface area (Å²) in [6.07, 6.45) is 1.73. The van der Waals surface area contributed by atoms with Crippen LogP contribution >= 0.6 is 11.6 Å². The number of pyridine rings is 2. The first kappa shape index (κ1) is 17.2. The maximum Gasteiger partial charge on any atom is 0.154 e. The molecule has 134 valence electrons. The van der Waals surface area contributed by atoms with Crippen molar-refractivity contribution in [1.82, 2.24) is 19.7 Å². The minimum Gasteiger partial charge on any atom is -0.411 e. The summed E-state index contributed by atoms with van der Waals surface area (Å²) < 4.78 is 1.77. The minimum absolute atomic E-state index is 0.443. The number of benzene rings is 1. The van der Waals surface area contributed by atoms with E-state index in [0.29, 0.717) is 16.4 Å². The number of fused-ring (bicyclic) bond motifs is 1. The van der Waals surface area contributed by atoms with Gasteiger partial charge in [-0.3, -0.25) is 0 Å². The zero-order valence-electron chi connectivity index (χ0n) is 14.8. The third-order valence-corrected chi connectivity index (χ3v) is 4.61. The van der Waals surface area contributed by atoms with Crippen LogP contribution in [-0.2, 0) is 0 Å². The first-order valence-corrected chi connectivity index (χ1v) is 8.72. The van der Waals surface area contributed by atoms with Crippen molar-refractivity contribution in [3.8, 4) is 17.1 Å². The lowest BCUT2D eigenvalue weighted by molar-refractivity contribution is 0.319. The largest absolute Gasteiger partial charge is 0.411 e. The normalized spacial score (nSPS) is 11.9. The minimum atomic E-state index is 0.443. The number of nitrogens with zero attached hydrogens (tertiary/aromatic N) is 5. The molecule has 1 aromatic carbocycles. The lowest BCUT2D eigenvalue weighted by Crippen LogP contribution is -2.01. The average molecular weight is 378 g/mol. The van der Waals surface area contributed by atoms with Crippen LogP contribution < -0.4 is 0 Å². The van der Waals surface area contributed by atoms with Crippen LogP contribution in [0.3, 0.4) is 0 Å². The highest BCUT2D eigenvalue weighted by atomic mass is 35.5. The molecular formula is C20H16ClN5O. The Morgan fingerprint density at radius 2 is 1.93 bits per heavy atom. The predicted molar refractivity (Wildman–Crippen MR) is 106 cm³/mol. The highest BCUT2D eigenvalue weighted by molar-refractivity contribution is 6.35. The summed E-state index contributed by atoms with van der Waals surface area (Å²) in [6.45, 7) is 3.63. The fourth-order valence-electron chi connectivity index (χ4n) is 2.91. The summed E-state index contributed by atoms with van der Waals surface area (Å²) in [7, 11) is 0. The van der Waals surface area contributed by atoms with Crippen molar-refractivity contribution in [2.75, 3.05) is 0 Å². The SMILES string of the molecule is CC(=NO)c1cccc(-c2cc(Cl)c3cnn(-c4cccc(C)n4)c3c2)n1. The van der Waals surface area contributed by atoms with Gasteiger partial charge in [-0.1, -0.05) is 28.9 Å². The Morgan fingerprint density at radius 3 is 2.70 bits per heavy atom. The molecule has 3 aromatic heterocycles. The Bertz CT molecular complexity index is 1180. The zero-order valence-corrected chi connectivity index (χ0v) is 15.5. The van der Waals surface area contributed by atoms with Crippen LogP contribution in [-0.4, -0.2) is 30.7 Å². The fraction of sp³-hybridized carbons (Fsp3) is 0.100. The smallest absolute Gasteiger partial charge is 0.154 e. The van der Waals surface area contributed by atoms with E-state index in [-0.39, 0.29) is 0 Å². The molecule has 4 aromatic rings. The number of oxime groups is 1. The second-order valence-corrected chi connectivity index (χ2v) is 6.59. The maximum atomic E-state index is 9.00. The molecule has 6 nitrogen and oxygen atoms in total. The van der Waals surface area contributed by atoms with Gasteiger partial charge in [-0.15, -0.1) is 0 Å². The molecule has 4 rings (SSSR count). The first-order chi connectivity index (χ1) is 13.1. The maximum absolute atomic E-state index is 9.00. The molecule has 0 spiro atoms. The standard InChI is InChI=1S/C20H16ClN5O/c1-12-5-3-8-20(23-12)26-19-10-14(9-16(21)15(19)11-22-26)18-7-4-6-17(24-18)13(2)25-27/h3-11,27H,1-2H3. The van der Waals surface area contributed by atoms with E-state index in [4.69, 9.17) is 16.8 Å². The van der Waals surface area contributed by atoms with E-state index >= 15 is 0 Å². The van der Waals surface area contributed by atoms with Crippen LogP contribution in [0.4, 0.5) is 0 Å². The first-order valence-electron chi connectivity index (χ1n) is 8.34. The molecule has 0 saturated heterocycles. The van der Waals surface area contributed by atoms with Crippen molar-refractivity contribution in [3.05, 3.63) is 71.1 Å². The Hall–Kier alpha value is -3.25. The van der Waals surface area contributed by atoms with Gasteiger partial charge in [0.2, 0.25) is 0 Å². The average Bonchev–Trinajstić information content (AvgIpc) is 3.12. The molecular weight excluding hydrogens is 362 g/mol. The summed E-state index contributed by atoms with van der Waals surface area (Å²) in [5.41, 5.74) is 4.36. The van der Waals surface area contributed by atoms with Gasteiger partial charge in [0.15, 0.2) is 5.82 Å². The lowest BCUT2D eigenvalue weighted by atomic mass is 10.1. The Kier molecular flexibility index (Phi) is 4.33. The van der Waals surface area contributed by atoms with Gasteiger partial charge in [0.25, 0.3) is 0 Å². The number of rotatable bonds is 3. The zero-order chi connectivity index (χ0) is 19.0. The molecule has 7 heteroatoms. The van der Waals surface area contributed by atoms with Crippen LogP contribution in [0.25, 0.3) is 28.0 Å². The lowest BCUT2D eigenvalue weighted by Gasteiger charge is -2.08. The summed E-state index contributed by atoms with van der Waals surface area (Å²) in [6, 6.07) is 15.2. The fourth-order valence-corrected chi connectivity index (χ4v) is 3.17. The Labute approximate surface area is 160 Å².